The van der Waals surface area contributed by atoms with Crippen molar-refractivity contribution in [3.8, 4) is 0 Å². The van der Waals surface area contributed by atoms with Crippen molar-refractivity contribution < 1.29 is 14.3 Å². The highest BCUT2D eigenvalue weighted by Gasteiger charge is 2.31. The van der Waals surface area contributed by atoms with Crippen LogP contribution < -0.4 is 0 Å². The van der Waals surface area contributed by atoms with Crippen LogP contribution in [0.4, 0.5) is 4.39 Å². The van der Waals surface area contributed by atoms with Crippen LogP contribution in [0.3, 0.4) is 0 Å². The molecule has 0 fully saturated rings. The molecular weight excluding hydrogens is 311 g/mol. The quantitative estimate of drug-likeness (QED) is 0.843. The second kappa shape index (κ2) is 5.70. The minimum Gasteiger partial charge on any atom is -0.481 e. The molecule has 0 bridgehead atoms. The minimum atomic E-state index is -0.854. The van der Waals surface area contributed by atoms with Crippen molar-refractivity contribution in [2.75, 3.05) is 0 Å². The smallest absolute Gasteiger partial charge is 0.307 e. The van der Waals surface area contributed by atoms with Gasteiger partial charge in [-0.25, -0.2) is 4.39 Å². The highest BCUT2D eigenvalue weighted by Crippen LogP contribution is 2.37. The topological polar surface area (TPSA) is 37.3 Å². The normalized spacial score (nSPS) is 22.2. The summed E-state index contributed by atoms with van der Waals surface area (Å²) in [6, 6.07) is 4.74. The van der Waals surface area contributed by atoms with Gasteiger partial charge in [0.15, 0.2) is 0 Å². The lowest BCUT2D eigenvalue weighted by Crippen LogP contribution is -2.26. The fourth-order valence-electron chi connectivity index (χ4n) is 2.42. The Morgan fingerprint density at radius 3 is 2.53 bits per heavy atom. The summed E-state index contributed by atoms with van der Waals surface area (Å²) in [6.07, 6.45) is 4.86. The van der Waals surface area contributed by atoms with Crippen LogP contribution in [-0.2, 0) is 4.79 Å². The number of rotatable bonds is 3. The number of hydrogen-bond acceptors (Lipinski definition) is 1. The van der Waals surface area contributed by atoms with E-state index in [1.165, 1.54) is 6.07 Å². The summed E-state index contributed by atoms with van der Waals surface area (Å²) < 4.78 is 14.6. The fraction of sp³-hybridized carbons (Fsp3) is 0.267. The zero-order valence-electron chi connectivity index (χ0n) is 10.3. The molecule has 2 nitrogen and oxygen atoms in total. The average molecular weight is 325 g/mol. The SMILES string of the molecule is C=C(c1ccc(Br)cc1F)C1CC=CCC1C(=O)O. The van der Waals surface area contributed by atoms with Crippen LogP contribution in [0.25, 0.3) is 5.57 Å². The molecule has 2 rings (SSSR count). The molecule has 1 aromatic carbocycles. The van der Waals surface area contributed by atoms with E-state index in [1.54, 1.807) is 12.1 Å². The van der Waals surface area contributed by atoms with Crippen LogP contribution in [0.1, 0.15) is 18.4 Å². The first-order valence-corrected chi connectivity index (χ1v) is 6.82. The summed E-state index contributed by atoms with van der Waals surface area (Å²) in [5.74, 6) is -2.01. The molecule has 0 saturated heterocycles. The molecule has 0 spiro atoms. The maximum atomic E-state index is 13.9. The molecule has 0 heterocycles. The van der Waals surface area contributed by atoms with Crippen molar-refractivity contribution in [2.45, 2.75) is 12.8 Å². The first-order valence-electron chi connectivity index (χ1n) is 6.02. The Labute approximate surface area is 119 Å². The van der Waals surface area contributed by atoms with E-state index >= 15 is 0 Å². The van der Waals surface area contributed by atoms with Gasteiger partial charge in [-0.05, 0) is 30.5 Å². The molecule has 100 valence electrons. The van der Waals surface area contributed by atoms with E-state index in [-0.39, 0.29) is 11.7 Å². The van der Waals surface area contributed by atoms with Gasteiger partial charge in [0.2, 0.25) is 0 Å². The van der Waals surface area contributed by atoms with Crippen molar-refractivity contribution in [3.63, 3.8) is 0 Å². The lowest BCUT2D eigenvalue weighted by atomic mass is 9.76. The average Bonchev–Trinajstić information content (AvgIpc) is 2.38. The number of carboxylic acid groups (broad SMARTS) is 1. The fourth-order valence-corrected chi connectivity index (χ4v) is 2.76. The van der Waals surface area contributed by atoms with Gasteiger partial charge in [-0.15, -0.1) is 0 Å². The monoisotopic (exact) mass is 324 g/mol. The number of carbonyl (C=O) groups is 1. The molecule has 1 N–H and O–H groups in total. The Bertz CT molecular complexity index is 551. The van der Waals surface area contributed by atoms with Gasteiger partial charge in [0.1, 0.15) is 5.82 Å². The molecule has 0 radical (unpaired) electrons. The van der Waals surface area contributed by atoms with Crippen molar-refractivity contribution in [1.29, 1.82) is 0 Å². The summed E-state index contributed by atoms with van der Waals surface area (Å²) in [7, 11) is 0. The maximum absolute atomic E-state index is 13.9. The second-order valence-electron chi connectivity index (χ2n) is 4.64. The Morgan fingerprint density at radius 2 is 1.95 bits per heavy atom. The Kier molecular flexibility index (Phi) is 4.20. The molecule has 4 heteroatoms. The van der Waals surface area contributed by atoms with Gasteiger partial charge >= 0.3 is 5.97 Å². The van der Waals surface area contributed by atoms with Gasteiger partial charge in [-0.1, -0.05) is 40.7 Å². The van der Waals surface area contributed by atoms with Gasteiger partial charge < -0.3 is 5.11 Å². The number of benzene rings is 1. The number of allylic oxidation sites excluding steroid dienone is 3. The summed E-state index contributed by atoms with van der Waals surface area (Å²) in [5, 5.41) is 9.24. The van der Waals surface area contributed by atoms with Gasteiger partial charge in [0, 0.05) is 16.0 Å². The van der Waals surface area contributed by atoms with Crippen LogP contribution in [0.15, 0.2) is 41.4 Å². The van der Waals surface area contributed by atoms with Gasteiger partial charge in [-0.3, -0.25) is 4.79 Å². The Morgan fingerprint density at radius 1 is 1.32 bits per heavy atom. The number of halogens is 2. The van der Waals surface area contributed by atoms with E-state index in [4.69, 9.17) is 0 Å². The maximum Gasteiger partial charge on any atom is 0.307 e. The molecular formula is C15H14BrFO2. The molecule has 0 amide bonds. The first kappa shape index (κ1) is 14.0. The number of hydrogen-bond donors (Lipinski definition) is 1. The number of carboxylic acids is 1. The summed E-state index contributed by atoms with van der Waals surface area (Å²) in [5.41, 5.74) is 0.955. The van der Waals surface area contributed by atoms with E-state index in [1.807, 2.05) is 12.2 Å². The van der Waals surface area contributed by atoms with Crippen molar-refractivity contribution in [1.82, 2.24) is 0 Å². The predicted molar refractivity (Wildman–Crippen MR) is 76.1 cm³/mol. The summed E-state index contributed by atoms with van der Waals surface area (Å²) >= 11 is 3.20. The van der Waals surface area contributed by atoms with E-state index in [0.29, 0.717) is 28.5 Å². The minimum absolute atomic E-state index is 0.252. The molecule has 0 saturated carbocycles. The van der Waals surface area contributed by atoms with Crippen molar-refractivity contribution >= 4 is 27.5 Å². The number of aliphatic carboxylic acids is 1. The van der Waals surface area contributed by atoms with Crippen LogP contribution in [0.2, 0.25) is 0 Å². The van der Waals surface area contributed by atoms with Crippen LogP contribution in [0, 0.1) is 17.7 Å². The summed E-state index contributed by atoms with van der Waals surface area (Å²) in [6.45, 7) is 3.92. The highest BCUT2D eigenvalue weighted by atomic mass is 79.9. The molecule has 1 aliphatic carbocycles. The highest BCUT2D eigenvalue weighted by molar-refractivity contribution is 9.10. The van der Waals surface area contributed by atoms with Gasteiger partial charge in [0.05, 0.1) is 5.92 Å². The van der Waals surface area contributed by atoms with Crippen molar-refractivity contribution in [2.24, 2.45) is 11.8 Å². The first-order chi connectivity index (χ1) is 9.00. The van der Waals surface area contributed by atoms with Gasteiger partial charge in [-0.2, -0.15) is 0 Å². The third-order valence-electron chi connectivity index (χ3n) is 3.47. The van der Waals surface area contributed by atoms with Gasteiger partial charge in [0.25, 0.3) is 0 Å². The molecule has 0 aromatic heterocycles. The van der Waals surface area contributed by atoms with E-state index < -0.39 is 11.9 Å². The molecule has 2 atom stereocenters. The largest absolute Gasteiger partial charge is 0.481 e. The van der Waals surface area contributed by atoms with Crippen molar-refractivity contribution in [3.05, 3.63) is 52.8 Å². The Balaban J connectivity index is 2.32. The third-order valence-corrected chi connectivity index (χ3v) is 3.97. The Hall–Kier alpha value is -1.42. The molecule has 0 aliphatic heterocycles. The van der Waals surface area contributed by atoms with Crippen LogP contribution in [0.5, 0.6) is 0 Å². The van der Waals surface area contributed by atoms with E-state index in [2.05, 4.69) is 22.5 Å². The standard InChI is InChI=1S/C15H14BrFO2/c1-9(12-7-6-10(16)8-14(12)17)11-4-2-3-5-13(11)15(18)19/h2-3,6-8,11,13H,1,4-5H2,(H,18,19). The van der Waals surface area contributed by atoms with E-state index in [9.17, 15) is 14.3 Å². The van der Waals surface area contributed by atoms with Crippen LogP contribution >= 0.6 is 15.9 Å². The van der Waals surface area contributed by atoms with Crippen LogP contribution in [-0.4, -0.2) is 11.1 Å². The second-order valence-corrected chi connectivity index (χ2v) is 5.56. The molecule has 1 aliphatic rings. The third kappa shape index (κ3) is 2.95. The zero-order chi connectivity index (χ0) is 14.0. The van der Waals surface area contributed by atoms with E-state index in [0.717, 1.165) is 0 Å². The lowest BCUT2D eigenvalue weighted by Gasteiger charge is -2.27. The molecule has 2 unspecified atom stereocenters. The predicted octanol–water partition coefficient (Wildman–Crippen LogP) is 4.27. The lowest BCUT2D eigenvalue weighted by molar-refractivity contribution is -0.142. The summed E-state index contributed by atoms with van der Waals surface area (Å²) in [4.78, 5) is 11.3. The molecule has 19 heavy (non-hydrogen) atoms. The zero-order valence-corrected chi connectivity index (χ0v) is 11.9. The molecule has 1 aromatic rings.